The number of H-pyrrole nitrogens is 1. The van der Waals surface area contributed by atoms with Gasteiger partial charge in [0, 0.05) is 12.7 Å². The largest absolute Gasteiger partial charge is 0.341 e. The molecule has 1 saturated carbocycles. The molecule has 5 heteroatoms. The number of aryl methyl sites for hydroxylation is 1. The fourth-order valence-corrected chi connectivity index (χ4v) is 4.89. The second-order valence-corrected chi connectivity index (χ2v) is 8.60. The SMILES string of the molecule is C.C.C.NCCC1(CN(Cc2nc3ccccc3[nH]2)C2CCCc3cccnc32)CC1. The van der Waals surface area contributed by atoms with Crippen molar-refractivity contribution < 1.29 is 0 Å². The first-order chi connectivity index (χ1) is 13.8. The minimum Gasteiger partial charge on any atom is -0.341 e. The zero-order valence-electron chi connectivity index (χ0n) is 16.4. The molecular formula is C26H41N5. The summed E-state index contributed by atoms with van der Waals surface area (Å²) in [6.07, 6.45) is 9.19. The molecule has 1 atom stereocenters. The maximum Gasteiger partial charge on any atom is 0.121 e. The van der Waals surface area contributed by atoms with Crippen molar-refractivity contribution in [2.75, 3.05) is 13.1 Å². The highest BCUT2D eigenvalue weighted by atomic mass is 15.2. The molecule has 1 unspecified atom stereocenters. The second kappa shape index (κ2) is 10.4. The maximum absolute atomic E-state index is 5.94. The molecule has 0 aliphatic heterocycles. The summed E-state index contributed by atoms with van der Waals surface area (Å²) >= 11 is 0. The average molecular weight is 424 g/mol. The van der Waals surface area contributed by atoms with Crippen LogP contribution >= 0.6 is 0 Å². The predicted octanol–water partition coefficient (Wildman–Crippen LogP) is 5.87. The molecule has 3 N–H and O–H groups in total. The number of hydrogen-bond acceptors (Lipinski definition) is 4. The van der Waals surface area contributed by atoms with Crippen LogP contribution in [0.25, 0.3) is 11.0 Å². The fraction of sp³-hybridized carbons (Fsp3) is 0.538. The van der Waals surface area contributed by atoms with E-state index >= 15 is 0 Å². The Morgan fingerprint density at radius 3 is 2.65 bits per heavy atom. The highest BCUT2D eigenvalue weighted by Gasteiger charge is 2.44. The van der Waals surface area contributed by atoms with E-state index in [1.807, 2.05) is 12.3 Å². The Labute approximate surface area is 188 Å². The third kappa shape index (κ3) is 5.16. The molecule has 170 valence electrons. The van der Waals surface area contributed by atoms with E-state index in [1.165, 1.54) is 36.9 Å². The molecule has 2 aromatic heterocycles. The van der Waals surface area contributed by atoms with Crippen molar-refractivity contribution in [3.63, 3.8) is 0 Å². The van der Waals surface area contributed by atoms with E-state index in [0.717, 1.165) is 49.3 Å². The Morgan fingerprint density at radius 2 is 1.90 bits per heavy atom. The third-order valence-corrected chi connectivity index (χ3v) is 6.57. The van der Waals surface area contributed by atoms with E-state index in [4.69, 9.17) is 15.7 Å². The number of nitrogens with one attached hydrogen (secondary N) is 1. The summed E-state index contributed by atoms with van der Waals surface area (Å²) in [4.78, 5) is 15.8. The van der Waals surface area contributed by atoms with Crippen LogP contribution in [0, 0.1) is 5.41 Å². The smallest absolute Gasteiger partial charge is 0.121 e. The summed E-state index contributed by atoms with van der Waals surface area (Å²) in [6.45, 7) is 2.70. The molecule has 5 nitrogen and oxygen atoms in total. The van der Waals surface area contributed by atoms with Crippen LogP contribution in [-0.2, 0) is 13.0 Å². The third-order valence-electron chi connectivity index (χ3n) is 6.57. The van der Waals surface area contributed by atoms with Crippen molar-refractivity contribution in [3.8, 4) is 0 Å². The summed E-state index contributed by atoms with van der Waals surface area (Å²) in [5.41, 5.74) is 11.2. The number of hydrogen-bond donors (Lipinski definition) is 2. The number of imidazole rings is 1. The first-order valence-electron chi connectivity index (χ1n) is 10.6. The first kappa shape index (κ1) is 25.0. The van der Waals surface area contributed by atoms with Crippen LogP contribution in [0.2, 0.25) is 0 Å². The minimum absolute atomic E-state index is 0. The quantitative estimate of drug-likeness (QED) is 0.498. The topological polar surface area (TPSA) is 70.8 Å². The summed E-state index contributed by atoms with van der Waals surface area (Å²) in [6, 6.07) is 13.0. The molecule has 0 saturated heterocycles. The van der Waals surface area contributed by atoms with Crippen LogP contribution in [0.5, 0.6) is 0 Å². The van der Waals surface area contributed by atoms with E-state index in [9.17, 15) is 0 Å². The van der Waals surface area contributed by atoms with Crippen molar-refractivity contribution in [1.29, 1.82) is 0 Å². The Morgan fingerprint density at radius 1 is 1.10 bits per heavy atom. The lowest BCUT2D eigenvalue weighted by Gasteiger charge is -2.37. The van der Waals surface area contributed by atoms with Gasteiger partial charge in [-0.1, -0.05) is 40.5 Å². The number of fused-ring (bicyclic) bond motifs is 2. The van der Waals surface area contributed by atoms with E-state index in [2.05, 4.69) is 40.2 Å². The van der Waals surface area contributed by atoms with E-state index < -0.39 is 0 Å². The molecule has 0 radical (unpaired) electrons. The van der Waals surface area contributed by atoms with Gasteiger partial charge in [0.25, 0.3) is 0 Å². The molecule has 0 spiro atoms. The zero-order chi connectivity index (χ0) is 19.0. The van der Waals surface area contributed by atoms with Gasteiger partial charge >= 0.3 is 0 Å². The molecule has 31 heavy (non-hydrogen) atoms. The molecule has 3 aromatic rings. The molecule has 2 heterocycles. The summed E-state index contributed by atoms with van der Waals surface area (Å²) < 4.78 is 0. The normalized spacial score (nSPS) is 18.5. The van der Waals surface area contributed by atoms with Gasteiger partial charge in [0.05, 0.1) is 29.3 Å². The molecule has 5 rings (SSSR count). The number of aromatic nitrogens is 3. The lowest BCUT2D eigenvalue weighted by molar-refractivity contribution is 0.126. The number of benzene rings is 1. The van der Waals surface area contributed by atoms with Gasteiger partial charge in [-0.25, -0.2) is 4.98 Å². The van der Waals surface area contributed by atoms with Gasteiger partial charge in [-0.3, -0.25) is 9.88 Å². The predicted molar refractivity (Wildman–Crippen MR) is 132 cm³/mol. The van der Waals surface area contributed by atoms with Crippen LogP contribution in [0.4, 0.5) is 0 Å². The lowest BCUT2D eigenvalue weighted by atomic mass is 9.89. The Hall–Kier alpha value is -2.24. The lowest BCUT2D eigenvalue weighted by Crippen LogP contribution is -2.37. The van der Waals surface area contributed by atoms with Crippen LogP contribution in [0.3, 0.4) is 0 Å². The monoisotopic (exact) mass is 423 g/mol. The van der Waals surface area contributed by atoms with E-state index in [-0.39, 0.29) is 22.3 Å². The van der Waals surface area contributed by atoms with Crippen molar-refractivity contribution in [2.45, 2.75) is 73.4 Å². The van der Waals surface area contributed by atoms with Gasteiger partial charge in [0.2, 0.25) is 0 Å². The Balaban J connectivity index is 0.00000114. The highest BCUT2D eigenvalue weighted by Crippen LogP contribution is 2.50. The van der Waals surface area contributed by atoms with Crippen LogP contribution in [0.15, 0.2) is 42.6 Å². The first-order valence-corrected chi connectivity index (χ1v) is 10.6. The number of para-hydroxylation sites is 2. The van der Waals surface area contributed by atoms with E-state index in [1.54, 1.807) is 0 Å². The maximum atomic E-state index is 5.94. The zero-order valence-corrected chi connectivity index (χ0v) is 16.4. The minimum atomic E-state index is 0. The molecule has 0 bridgehead atoms. The summed E-state index contributed by atoms with van der Waals surface area (Å²) in [5, 5.41) is 0. The molecule has 0 amide bonds. The number of rotatable bonds is 7. The standard InChI is InChI=1S/C23H29N5.3CH4/c24-13-12-23(10-11-23)16-28(15-21-26-18-7-1-2-8-19(18)27-21)20-9-3-5-17-6-4-14-25-22(17)20;;;/h1-2,4,6-8,14,20H,3,5,9-13,15-16,24H2,(H,26,27);3*1H4. The van der Waals surface area contributed by atoms with Crippen molar-refractivity contribution in [1.82, 2.24) is 19.9 Å². The molecular weight excluding hydrogens is 382 g/mol. The summed E-state index contributed by atoms with van der Waals surface area (Å²) in [5.74, 6) is 1.05. The summed E-state index contributed by atoms with van der Waals surface area (Å²) in [7, 11) is 0. The van der Waals surface area contributed by atoms with Gasteiger partial charge < -0.3 is 10.7 Å². The number of pyridine rings is 1. The van der Waals surface area contributed by atoms with Crippen LogP contribution in [0.1, 0.15) is 77.5 Å². The van der Waals surface area contributed by atoms with Gasteiger partial charge in [-0.05, 0) is 74.2 Å². The molecule has 2 aliphatic carbocycles. The number of nitrogens with two attached hydrogens (primary N) is 1. The van der Waals surface area contributed by atoms with Gasteiger partial charge in [0.15, 0.2) is 0 Å². The molecule has 2 aliphatic rings. The Kier molecular flexibility index (Phi) is 8.38. The van der Waals surface area contributed by atoms with Crippen molar-refractivity contribution >= 4 is 11.0 Å². The van der Waals surface area contributed by atoms with E-state index in [0.29, 0.717) is 11.5 Å². The average Bonchev–Trinajstić information content (AvgIpc) is 3.34. The van der Waals surface area contributed by atoms with Gasteiger partial charge in [-0.15, -0.1) is 0 Å². The number of nitrogens with zero attached hydrogens (tertiary/aromatic N) is 3. The van der Waals surface area contributed by atoms with Crippen molar-refractivity contribution in [3.05, 3.63) is 59.7 Å². The second-order valence-electron chi connectivity index (χ2n) is 8.60. The van der Waals surface area contributed by atoms with Gasteiger partial charge in [0.1, 0.15) is 5.82 Å². The number of aromatic amines is 1. The van der Waals surface area contributed by atoms with Crippen molar-refractivity contribution in [2.24, 2.45) is 11.1 Å². The Bertz CT molecular complexity index is 926. The molecule has 1 aromatic carbocycles. The highest BCUT2D eigenvalue weighted by molar-refractivity contribution is 5.74. The van der Waals surface area contributed by atoms with Gasteiger partial charge in [-0.2, -0.15) is 0 Å². The van der Waals surface area contributed by atoms with Crippen LogP contribution in [-0.4, -0.2) is 32.9 Å². The fourth-order valence-electron chi connectivity index (χ4n) is 4.89. The molecule has 1 fully saturated rings. The van der Waals surface area contributed by atoms with Crippen LogP contribution < -0.4 is 5.73 Å².